The minimum absolute atomic E-state index is 0.154. The molecule has 2 amide bonds. The molecule has 0 radical (unpaired) electrons. The number of nitrogens with one attached hydrogen (secondary N) is 1. The summed E-state index contributed by atoms with van der Waals surface area (Å²) in [5, 5.41) is 22.1. The summed E-state index contributed by atoms with van der Waals surface area (Å²) in [6.07, 6.45) is 0.0713. The highest BCUT2D eigenvalue weighted by molar-refractivity contribution is 5.81. The number of benzene rings is 1. The molecule has 2 rings (SSSR count). The molecule has 6 nitrogen and oxygen atoms in total. The molecule has 1 fully saturated rings. The van der Waals surface area contributed by atoms with Gasteiger partial charge in [0.2, 0.25) is 0 Å². The van der Waals surface area contributed by atoms with Gasteiger partial charge in [0.1, 0.15) is 0 Å². The first kappa shape index (κ1) is 16.3. The van der Waals surface area contributed by atoms with Crippen molar-refractivity contribution < 1.29 is 19.8 Å². The van der Waals surface area contributed by atoms with Crippen molar-refractivity contribution in [2.24, 2.45) is 5.92 Å². The summed E-state index contributed by atoms with van der Waals surface area (Å²) >= 11 is 0. The van der Waals surface area contributed by atoms with Crippen LogP contribution in [0.5, 0.6) is 0 Å². The number of nitrogens with zero attached hydrogens (tertiary/aromatic N) is 1. The van der Waals surface area contributed by atoms with Crippen LogP contribution in [-0.4, -0.2) is 46.3 Å². The molecule has 6 heteroatoms. The van der Waals surface area contributed by atoms with Crippen LogP contribution in [0.4, 0.5) is 4.79 Å². The molecular weight excluding hydrogens is 284 g/mol. The monoisotopic (exact) mass is 306 g/mol. The molecule has 0 aromatic heterocycles. The largest absolute Gasteiger partial charge is 0.465 e. The Balaban J connectivity index is 2.19. The Bertz CT molecular complexity index is 516. The molecule has 0 spiro atoms. The first-order valence-electron chi connectivity index (χ1n) is 7.46. The van der Waals surface area contributed by atoms with E-state index in [0.29, 0.717) is 12.3 Å². The van der Waals surface area contributed by atoms with Crippen LogP contribution in [0, 0.1) is 5.92 Å². The molecule has 0 bridgehead atoms. The first-order valence-corrected chi connectivity index (χ1v) is 7.46. The standard InChI is InChI=1S/C16H22N2O4/c1-17-15(20)14(19)13(9-11-7-8-11)18(16(21)22)10-12-5-3-2-4-6-12/h2-6,11,13-14,19H,7-10H2,1H3,(H,17,20)(H,21,22)/t13-,14?/m0/s1. The van der Waals surface area contributed by atoms with Crippen LogP contribution < -0.4 is 5.32 Å². The number of carbonyl (C=O) groups excluding carboxylic acids is 1. The topological polar surface area (TPSA) is 89.9 Å². The van der Waals surface area contributed by atoms with Gasteiger partial charge in [-0.25, -0.2) is 4.79 Å². The van der Waals surface area contributed by atoms with E-state index in [1.54, 1.807) is 0 Å². The Hall–Kier alpha value is -2.08. The van der Waals surface area contributed by atoms with E-state index in [4.69, 9.17) is 0 Å². The van der Waals surface area contributed by atoms with E-state index in [1.807, 2.05) is 30.3 Å². The Kier molecular flexibility index (Phi) is 5.38. The predicted molar refractivity (Wildman–Crippen MR) is 81.2 cm³/mol. The van der Waals surface area contributed by atoms with Crippen molar-refractivity contribution in [1.29, 1.82) is 0 Å². The Labute approximate surface area is 129 Å². The summed E-state index contributed by atoms with van der Waals surface area (Å²) in [7, 11) is 1.43. The van der Waals surface area contributed by atoms with Gasteiger partial charge in [-0.3, -0.25) is 9.69 Å². The number of likely N-dealkylation sites (N-methyl/N-ethyl adjacent to an activating group) is 1. The van der Waals surface area contributed by atoms with Crippen LogP contribution in [-0.2, 0) is 11.3 Å². The van der Waals surface area contributed by atoms with Gasteiger partial charge in [0.25, 0.3) is 5.91 Å². The van der Waals surface area contributed by atoms with Crippen LogP contribution in [0.25, 0.3) is 0 Å². The van der Waals surface area contributed by atoms with E-state index in [-0.39, 0.29) is 6.54 Å². The summed E-state index contributed by atoms with van der Waals surface area (Å²) in [4.78, 5) is 24.6. The fourth-order valence-electron chi connectivity index (χ4n) is 2.55. The number of aliphatic hydroxyl groups is 1. The van der Waals surface area contributed by atoms with E-state index < -0.39 is 24.1 Å². The minimum Gasteiger partial charge on any atom is -0.465 e. The number of hydrogen-bond acceptors (Lipinski definition) is 3. The van der Waals surface area contributed by atoms with E-state index in [2.05, 4.69) is 5.32 Å². The zero-order chi connectivity index (χ0) is 16.1. The van der Waals surface area contributed by atoms with E-state index in [9.17, 15) is 19.8 Å². The molecule has 1 saturated carbocycles. The summed E-state index contributed by atoms with van der Waals surface area (Å²) in [5.41, 5.74) is 0.829. The molecule has 1 aromatic rings. The summed E-state index contributed by atoms with van der Waals surface area (Å²) in [6.45, 7) is 0.154. The minimum atomic E-state index is -1.36. The van der Waals surface area contributed by atoms with Gasteiger partial charge >= 0.3 is 6.09 Å². The first-order chi connectivity index (χ1) is 10.5. The summed E-state index contributed by atoms with van der Waals surface area (Å²) in [6, 6.07) is 8.45. The average Bonchev–Trinajstić information content (AvgIpc) is 3.34. The summed E-state index contributed by atoms with van der Waals surface area (Å²) in [5.74, 6) is -0.160. The van der Waals surface area contributed by atoms with Crippen LogP contribution in [0.1, 0.15) is 24.8 Å². The van der Waals surface area contributed by atoms with E-state index >= 15 is 0 Å². The molecule has 120 valence electrons. The van der Waals surface area contributed by atoms with Crippen molar-refractivity contribution in [3.05, 3.63) is 35.9 Å². The number of rotatable bonds is 7. The van der Waals surface area contributed by atoms with Gasteiger partial charge in [-0.05, 0) is 17.9 Å². The lowest BCUT2D eigenvalue weighted by Gasteiger charge is -2.32. The van der Waals surface area contributed by atoms with Gasteiger partial charge in [-0.15, -0.1) is 0 Å². The lowest BCUT2D eigenvalue weighted by Crippen LogP contribution is -2.51. The number of amides is 2. The SMILES string of the molecule is CNC(=O)C(O)[C@H](CC1CC1)N(Cc1ccccc1)C(=O)O. The molecule has 22 heavy (non-hydrogen) atoms. The second-order valence-corrected chi connectivity index (χ2v) is 5.70. The van der Waals surface area contributed by atoms with Crippen molar-refractivity contribution in [2.75, 3.05) is 7.05 Å². The third-order valence-electron chi connectivity index (χ3n) is 3.99. The van der Waals surface area contributed by atoms with Crippen LogP contribution in [0.15, 0.2) is 30.3 Å². The lowest BCUT2D eigenvalue weighted by atomic mass is 10.0. The molecule has 0 saturated heterocycles. The number of aliphatic hydroxyl groups excluding tert-OH is 1. The lowest BCUT2D eigenvalue weighted by molar-refractivity contribution is -0.132. The van der Waals surface area contributed by atoms with Gasteiger partial charge in [-0.1, -0.05) is 43.2 Å². The molecule has 0 heterocycles. The Morgan fingerprint density at radius 1 is 1.32 bits per heavy atom. The third-order valence-corrected chi connectivity index (χ3v) is 3.99. The van der Waals surface area contributed by atoms with Gasteiger partial charge in [0.15, 0.2) is 6.10 Å². The normalized spacial score (nSPS) is 16.6. The fourth-order valence-corrected chi connectivity index (χ4v) is 2.55. The van der Waals surface area contributed by atoms with Crippen molar-refractivity contribution >= 4 is 12.0 Å². The maximum absolute atomic E-state index is 11.8. The summed E-state index contributed by atoms with van der Waals surface area (Å²) < 4.78 is 0. The predicted octanol–water partition coefficient (Wildman–Crippen LogP) is 1.44. The number of hydrogen-bond donors (Lipinski definition) is 3. The van der Waals surface area contributed by atoms with E-state index in [0.717, 1.165) is 18.4 Å². The second-order valence-electron chi connectivity index (χ2n) is 5.70. The quantitative estimate of drug-likeness (QED) is 0.711. The Morgan fingerprint density at radius 3 is 2.45 bits per heavy atom. The number of carboxylic acid groups (broad SMARTS) is 1. The van der Waals surface area contributed by atoms with Crippen molar-refractivity contribution in [1.82, 2.24) is 10.2 Å². The Morgan fingerprint density at radius 2 is 1.95 bits per heavy atom. The highest BCUT2D eigenvalue weighted by Gasteiger charge is 2.38. The maximum Gasteiger partial charge on any atom is 0.407 e. The molecule has 3 N–H and O–H groups in total. The molecule has 0 aliphatic heterocycles. The number of carbonyl (C=O) groups is 2. The molecule has 2 atom stereocenters. The smallest absolute Gasteiger partial charge is 0.407 e. The van der Waals surface area contributed by atoms with Crippen LogP contribution >= 0.6 is 0 Å². The van der Waals surface area contributed by atoms with Crippen LogP contribution in [0.3, 0.4) is 0 Å². The molecule has 1 aromatic carbocycles. The zero-order valence-corrected chi connectivity index (χ0v) is 12.6. The van der Waals surface area contributed by atoms with Crippen molar-refractivity contribution in [3.63, 3.8) is 0 Å². The van der Waals surface area contributed by atoms with Gasteiger partial charge < -0.3 is 15.5 Å². The maximum atomic E-state index is 11.8. The van der Waals surface area contributed by atoms with Gasteiger partial charge in [0.05, 0.1) is 6.04 Å². The fraction of sp³-hybridized carbons (Fsp3) is 0.500. The zero-order valence-electron chi connectivity index (χ0n) is 12.6. The highest BCUT2D eigenvalue weighted by Crippen LogP contribution is 2.36. The molecule has 1 unspecified atom stereocenters. The van der Waals surface area contributed by atoms with Crippen LogP contribution in [0.2, 0.25) is 0 Å². The second kappa shape index (κ2) is 7.26. The van der Waals surface area contributed by atoms with Crippen molar-refractivity contribution in [2.45, 2.75) is 38.0 Å². The van der Waals surface area contributed by atoms with Crippen molar-refractivity contribution in [3.8, 4) is 0 Å². The molecule has 1 aliphatic rings. The van der Waals surface area contributed by atoms with Gasteiger partial charge in [-0.2, -0.15) is 0 Å². The average molecular weight is 306 g/mol. The molecule has 1 aliphatic carbocycles. The third kappa shape index (κ3) is 4.21. The van der Waals surface area contributed by atoms with Gasteiger partial charge in [0, 0.05) is 13.6 Å². The van der Waals surface area contributed by atoms with E-state index in [1.165, 1.54) is 11.9 Å². The molecular formula is C16H22N2O4. The highest BCUT2D eigenvalue weighted by atomic mass is 16.4.